The van der Waals surface area contributed by atoms with E-state index in [4.69, 9.17) is 24.8 Å². The van der Waals surface area contributed by atoms with Gasteiger partial charge in [0.15, 0.2) is 11.8 Å². The normalized spacial score (nSPS) is 17.5. The van der Waals surface area contributed by atoms with E-state index in [1.165, 1.54) is 16.7 Å². The Bertz CT molecular complexity index is 2180. The molecule has 0 aliphatic carbocycles. The van der Waals surface area contributed by atoms with Crippen molar-refractivity contribution in [2.45, 2.75) is 77.4 Å². The molecule has 3 amide bonds. The maximum atomic E-state index is 14.0. The third-order valence-corrected chi connectivity index (χ3v) is 10.2. The summed E-state index contributed by atoms with van der Waals surface area (Å²) in [7, 11) is 1.56. The van der Waals surface area contributed by atoms with Crippen molar-refractivity contribution in [1.29, 1.82) is 0 Å². The molecule has 56 heavy (non-hydrogen) atoms. The van der Waals surface area contributed by atoms with E-state index >= 15 is 0 Å². The molecule has 1 saturated heterocycles. The van der Waals surface area contributed by atoms with E-state index in [0.717, 1.165) is 22.6 Å². The molecule has 3 atom stereocenters. The van der Waals surface area contributed by atoms with E-state index in [2.05, 4.69) is 30.1 Å². The number of hydrogen-bond donors (Lipinski definition) is 3. The molecule has 3 aromatic heterocycles. The van der Waals surface area contributed by atoms with Crippen LogP contribution in [0.15, 0.2) is 65.3 Å². The lowest BCUT2D eigenvalue weighted by Crippen LogP contribution is -2.71. The number of benzene rings is 1. The Morgan fingerprint density at radius 2 is 1.95 bits per heavy atom. The number of anilines is 1. The number of nitrogens with zero attached hydrogens (tertiary/aromatic N) is 7. The molecule has 4 aromatic rings. The van der Waals surface area contributed by atoms with Crippen LogP contribution in [0, 0.1) is 0 Å². The van der Waals surface area contributed by atoms with Crippen molar-refractivity contribution >= 4 is 69.2 Å². The standard InChI is InChI=1S/C36H42N10O8S2/c1-7-53-42-25(28-40-34(56-43-28)41-35(50)54-36(3,4)5)30(47)39-26-31(48)46-27(33(49)52-17-21-10-12-23(51-6)13-11-21)22(18-55-32(26)46)16-45-19-44(15-20(2)37)24-9-8-14-38-29(24)45/h8-14,19-20,26,32H,7,15-18,37H2,1-6H3,(H-,39,40,41,43,47,50)/p+1/b42-25-/t20-,26?,32?/m0/s1. The molecule has 2 aliphatic rings. The zero-order valence-electron chi connectivity index (χ0n) is 31.7. The molecule has 4 N–H and O–H groups in total. The number of nitrogens with one attached hydrogen (secondary N) is 2. The lowest BCUT2D eigenvalue weighted by molar-refractivity contribution is -0.665. The molecule has 296 valence electrons. The molecule has 1 fully saturated rings. The van der Waals surface area contributed by atoms with E-state index < -0.39 is 40.9 Å². The van der Waals surface area contributed by atoms with Gasteiger partial charge >= 0.3 is 17.7 Å². The fraction of sp³-hybridized carbons (Fsp3) is 0.417. The minimum Gasteiger partial charge on any atom is -0.497 e. The summed E-state index contributed by atoms with van der Waals surface area (Å²) in [5.74, 6) is -1.15. The van der Waals surface area contributed by atoms with Crippen LogP contribution < -0.4 is 25.7 Å². The average Bonchev–Trinajstić information content (AvgIpc) is 3.75. The van der Waals surface area contributed by atoms with Crippen LogP contribution >= 0.6 is 23.3 Å². The Morgan fingerprint density at radius 3 is 2.64 bits per heavy atom. The number of β-lactam (4-membered cyclic amide) rings is 1. The molecule has 6 rings (SSSR count). The van der Waals surface area contributed by atoms with Crippen molar-refractivity contribution in [2.75, 3.05) is 24.8 Å². The minimum atomic E-state index is -1.04. The summed E-state index contributed by atoms with van der Waals surface area (Å²) < 4.78 is 24.4. The van der Waals surface area contributed by atoms with Gasteiger partial charge in [0.1, 0.15) is 47.9 Å². The second-order valence-electron chi connectivity index (χ2n) is 13.9. The first kappa shape index (κ1) is 40.1. The van der Waals surface area contributed by atoms with Crippen molar-refractivity contribution in [1.82, 2.24) is 29.1 Å². The van der Waals surface area contributed by atoms with Crippen LogP contribution in [0.2, 0.25) is 0 Å². The van der Waals surface area contributed by atoms with E-state index in [0.29, 0.717) is 29.3 Å². The Morgan fingerprint density at radius 1 is 1.18 bits per heavy atom. The number of aromatic nitrogens is 5. The molecule has 0 spiro atoms. The Labute approximate surface area is 330 Å². The smallest absolute Gasteiger partial charge is 0.414 e. The molecule has 0 radical (unpaired) electrons. The SMILES string of the molecule is CCO/N=C(\C(=O)NC1C(=O)N2C(C(=O)OCc3ccc(OC)cc3)=C(C[n+]3cn(C[C@H](C)N)c4cccnc43)CSC12)c1nsc(NC(=O)OC(C)(C)C)n1. The first-order valence-electron chi connectivity index (χ1n) is 17.7. The summed E-state index contributed by atoms with van der Waals surface area (Å²) >= 11 is 2.19. The van der Waals surface area contributed by atoms with Crippen molar-refractivity contribution < 1.29 is 42.8 Å². The number of esters is 1. The Balaban J connectivity index is 1.25. The van der Waals surface area contributed by atoms with Crippen LogP contribution in [0.4, 0.5) is 9.93 Å². The van der Waals surface area contributed by atoms with Gasteiger partial charge in [-0.05, 0) is 64.4 Å². The van der Waals surface area contributed by atoms with Crippen molar-refractivity contribution in [3.05, 3.63) is 71.6 Å². The zero-order chi connectivity index (χ0) is 40.1. The fourth-order valence-corrected chi connectivity index (χ4v) is 7.80. The number of thioether (sulfide) groups is 1. The van der Waals surface area contributed by atoms with Gasteiger partial charge in [-0.15, -0.1) is 16.7 Å². The highest BCUT2D eigenvalue weighted by molar-refractivity contribution is 8.00. The van der Waals surface area contributed by atoms with Crippen LogP contribution in [0.5, 0.6) is 5.75 Å². The van der Waals surface area contributed by atoms with E-state index in [1.54, 1.807) is 65.3 Å². The first-order chi connectivity index (χ1) is 26.8. The van der Waals surface area contributed by atoms with Crippen LogP contribution in [0.1, 0.15) is 46.0 Å². The fourth-order valence-electron chi connectivity index (χ4n) is 5.91. The molecule has 2 aliphatic heterocycles. The summed E-state index contributed by atoms with van der Waals surface area (Å²) in [5, 5.41) is 8.53. The number of nitrogens with two attached hydrogens (primary N) is 1. The monoisotopic (exact) mass is 807 g/mol. The van der Waals surface area contributed by atoms with Gasteiger partial charge in [-0.1, -0.05) is 17.3 Å². The summed E-state index contributed by atoms with van der Waals surface area (Å²) in [5.41, 5.74) is 8.08. The predicted molar refractivity (Wildman–Crippen MR) is 206 cm³/mol. The number of pyridine rings is 1. The average molecular weight is 808 g/mol. The van der Waals surface area contributed by atoms with Gasteiger partial charge in [0.25, 0.3) is 11.8 Å². The second kappa shape index (κ2) is 17.0. The van der Waals surface area contributed by atoms with Gasteiger partial charge < -0.3 is 30.1 Å². The molecule has 18 nitrogen and oxygen atoms in total. The number of fused-ring (bicyclic) bond motifs is 2. The molecule has 5 heterocycles. The second-order valence-corrected chi connectivity index (χ2v) is 15.7. The van der Waals surface area contributed by atoms with Crippen LogP contribution in [0.3, 0.4) is 0 Å². The molecule has 1 aromatic carbocycles. The van der Waals surface area contributed by atoms with Crippen molar-refractivity contribution in [2.24, 2.45) is 10.9 Å². The van der Waals surface area contributed by atoms with E-state index in [9.17, 15) is 19.2 Å². The molecule has 0 bridgehead atoms. The first-order valence-corrected chi connectivity index (χ1v) is 19.5. The predicted octanol–water partition coefficient (Wildman–Crippen LogP) is 2.72. The largest absolute Gasteiger partial charge is 0.497 e. The van der Waals surface area contributed by atoms with Crippen molar-refractivity contribution in [3.63, 3.8) is 0 Å². The van der Waals surface area contributed by atoms with Crippen LogP contribution in [0.25, 0.3) is 11.2 Å². The highest BCUT2D eigenvalue weighted by Crippen LogP contribution is 2.41. The minimum absolute atomic E-state index is 0.0509. The molecule has 2 unspecified atom stereocenters. The van der Waals surface area contributed by atoms with E-state index in [-0.39, 0.29) is 48.2 Å². The maximum Gasteiger partial charge on any atom is 0.414 e. The summed E-state index contributed by atoms with van der Waals surface area (Å²) in [6, 6.07) is 9.71. The number of oxime groups is 1. The van der Waals surface area contributed by atoms with Gasteiger partial charge in [0, 0.05) is 28.9 Å². The van der Waals surface area contributed by atoms with Gasteiger partial charge in [-0.3, -0.25) is 24.4 Å². The Hall–Kier alpha value is -5.60. The number of rotatable bonds is 14. The number of carbonyl (C=O) groups is 4. The Kier molecular flexibility index (Phi) is 12.2. The number of hydrogen-bond acceptors (Lipinski definition) is 15. The maximum absolute atomic E-state index is 14.0. The van der Waals surface area contributed by atoms with Gasteiger partial charge in [-0.25, -0.2) is 14.2 Å². The number of amides is 3. The lowest BCUT2D eigenvalue weighted by atomic mass is 10.0. The summed E-state index contributed by atoms with van der Waals surface area (Å²) in [4.78, 5) is 69.3. The quantitative estimate of drug-likeness (QED) is 0.0550. The zero-order valence-corrected chi connectivity index (χ0v) is 33.3. The summed E-state index contributed by atoms with van der Waals surface area (Å²) in [6.07, 6.45) is 2.83. The van der Waals surface area contributed by atoms with Crippen molar-refractivity contribution in [3.8, 4) is 5.75 Å². The topological polar surface area (TPSA) is 218 Å². The molecule has 0 saturated carbocycles. The lowest BCUT2D eigenvalue weighted by Gasteiger charge is -2.49. The molecular formula is C36H43N10O8S2+. The number of imidazole rings is 1. The highest BCUT2D eigenvalue weighted by atomic mass is 32.2. The third kappa shape index (κ3) is 9.09. The van der Waals surface area contributed by atoms with Gasteiger partial charge in [0.2, 0.25) is 16.7 Å². The van der Waals surface area contributed by atoms with Gasteiger partial charge in [-0.2, -0.15) is 9.36 Å². The third-order valence-electron chi connectivity index (χ3n) is 8.27. The van der Waals surface area contributed by atoms with Crippen LogP contribution in [-0.2, 0) is 48.4 Å². The summed E-state index contributed by atoms with van der Waals surface area (Å²) in [6.45, 7) is 9.59. The number of ether oxygens (including phenoxy) is 3. The van der Waals surface area contributed by atoms with Gasteiger partial charge in [0.05, 0.1) is 20.2 Å². The highest BCUT2D eigenvalue weighted by Gasteiger charge is 2.55. The molecule has 20 heteroatoms. The molecular weight excluding hydrogens is 765 g/mol. The van der Waals surface area contributed by atoms with Crippen LogP contribution in [-0.4, -0.2) is 95.9 Å². The number of carbonyl (C=O) groups excluding carboxylic acids is 4. The number of methoxy groups -OCH3 is 1. The van der Waals surface area contributed by atoms with E-state index in [1.807, 2.05) is 34.5 Å².